The Morgan fingerprint density at radius 1 is 1.45 bits per heavy atom. The van der Waals surface area contributed by atoms with E-state index in [0.29, 0.717) is 12.1 Å². The molecule has 6 heteroatoms. The molecule has 0 aliphatic carbocycles. The average Bonchev–Trinajstić information content (AvgIpc) is 2.74. The van der Waals surface area contributed by atoms with Crippen LogP contribution in [-0.4, -0.2) is 14.7 Å². The molecular weight excluding hydrogens is 256 g/mol. The number of hydrogen-bond donors (Lipinski definition) is 1. The van der Waals surface area contributed by atoms with E-state index in [0.717, 1.165) is 11.3 Å². The molecule has 1 atom stereocenters. The lowest BCUT2D eigenvalue weighted by Gasteiger charge is -2.14. The van der Waals surface area contributed by atoms with Gasteiger partial charge in [-0.25, -0.2) is 0 Å². The number of nitrogens with one attached hydrogen (secondary N) is 1. The van der Waals surface area contributed by atoms with Gasteiger partial charge in [0.05, 0.1) is 10.6 Å². The Bertz CT molecular complexity index is 621. The van der Waals surface area contributed by atoms with Gasteiger partial charge in [-0.3, -0.25) is 14.8 Å². The minimum Gasteiger partial charge on any atom is -0.306 e. The van der Waals surface area contributed by atoms with Crippen molar-refractivity contribution in [1.82, 2.24) is 15.1 Å². The van der Waals surface area contributed by atoms with Gasteiger partial charge in [0.1, 0.15) is 0 Å². The lowest BCUT2D eigenvalue weighted by Crippen LogP contribution is -2.19. The molecule has 0 aliphatic rings. The van der Waals surface area contributed by atoms with E-state index in [1.54, 1.807) is 16.8 Å². The normalized spacial score (nSPS) is 12.3. The zero-order valence-corrected chi connectivity index (χ0v) is 11.8. The van der Waals surface area contributed by atoms with Crippen molar-refractivity contribution in [3.05, 3.63) is 57.4 Å². The van der Waals surface area contributed by atoms with Crippen molar-refractivity contribution < 1.29 is 4.92 Å². The molecule has 0 amide bonds. The van der Waals surface area contributed by atoms with Crippen LogP contribution in [0.5, 0.6) is 0 Å². The number of nitro groups is 1. The van der Waals surface area contributed by atoms with Gasteiger partial charge in [-0.15, -0.1) is 0 Å². The fraction of sp³-hybridized carbons (Fsp3) is 0.357. The third-order valence-electron chi connectivity index (χ3n) is 3.31. The summed E-state index contributed by atoms with van der Waals surface area (Å²) in [4.78, 5) is 10.7. The molecule has 1 heterocycles. The van der Waals surface area contributed by atoms with E-state index in [4.69, 9.17) is 0 Å². The van der Waals surface area contributed by atoms with Gasteiger partial charge >= 0.3 is 0 Å². The molecule has 1 aromatic carbocycles. The van der Waals surface area contributed by atoms with E-state index in [1.807, 2.05) is 33.2 Å². The predicted molar refractivity (Wildman–Crippen MR) is 76.3 cm³/mol. The van der Waals surface area contributed by atoms with Gasteiger partial charge in [-0.05, 0) is 13.8 Å². The molecule has 2 rings (SSSR count). The third-order valence-corrected chi connectivity index (χ3v) is 3.31. The summed E-state index contributed by atoms with van der Waals surface area (Å²) < 4.78 is 1.77. The van der Waals surface area contributed by atoms with Gasteiger partial charge in [-0.2, -0.15) is 5.10 Å². The Morgan fingerprint density at radius 2 is 2.15 bits per heavy atom. The highest BCUT2D eigenvalue weighted by Gasteiger charge is 2.18. The number of aryl methyl sites for hydroxylation is 2. The van der Waals surface area contributed by atoms with Crippen LogP contribution < -0.4 is 5.32 Å². The first-order chi connectivity index (χ1) is 9.49. The van der Waals surface area contributed by atoms with Crippen molar-refractivity contribution in [2.24, 2.45) is 7.05 Å². The minimum absolute atomic E-state index is 0.101. The van der Waals surface area contributed by atoms with Crippen LogP contribution in [0.1, 0.15) is 29.8 Å². The maximum Gasteiger partial charge on any atom is 0.274 e. The highest BCUT2D eigenvalue weighted by atomic mass is 16.6. The van der Waals surface area contributed by atoms with Crippen LogP contribution in [0.25, 0.3) is 0 Å². The first kappa shape index (κ1) is 14.2. The van der Waals surface area contributed by atoms with Crippen molar-refractivity contribution >= 4 is 5.69 Å². The zero-order chi connectivity index (χ0) is 14.7. The van der Waals surface area contributed by atoms with Crippen molar-refractivity contribution in [3.8, 4) is 0 Å². The molecule has 0 saturated heterocycles. The van der Waals surface area contributed by atoms with Gasteiger partial charge in [-0.1, -0.05) is 18.2 Å². The van der Waals surface area contributed by atoms with Crippen molar-refractivity contribution in [2.75, 3.05) is 0 Å². The van der Waals surface area contributed by atoms with Gasteiger partial charge in [0.2, 0.25) is 0 Å². The highest BCUT2D eigenvalue weighted by molar-refractivity contribution is 5.41. The number of nitrogens with zero attached hydrogens (tertiary/aromatic N) is 3. The first-order valence-corrected chi connectivity index (χ1v) is 6.45. The van der Waals surface area contributed by atoms with Gasteiger partial charge in [0, 0.05) is 43.0 Å². The number of hydrogen-bond acceptors (Lipinski definition) is 4. The van der Waals surface area contributed by atoms with Crippen molar-refractivity contribution in [1.29, 1.82) is 0 Å². The second kappa shape index (κ2) is 5.83. The minimum atomic E-state index is -0.344. The van der Waals surface area contributed by atoms with Crippen LogP contribution in [0.4, 0.5) is 5.69 Å². The quantitative estimate of drug-likeness (QED) is 0.671. The summed E-state index contributed by atoms with van der Waals surface area (Å²) in [5.41, 5.74) is 2.90. The molecule has 2 aromatic rings. The van der Waals surface area contributed by atoms with Crippen molar-refractivity contribution in [2.45, 2.75) is 26.4 Å². The molecule has 0 aliphatic heterocycles. The van der Waals surface area contributed by atoms with Crippen LogP contribution >= 0.6 is 0 Å². The van der Waals surface area contributed by atoms with Gasteiger partial charge in [0.25, 0.3) is 5.69 Å². The Morgan fingerprint density at radius 3 is 2.75 bits per heavy atom. The molecule has 1 N–H and O–H groups in total. The summed E-state index contributed by atoms with van der Waals surface area (Å²) >= 11 is 0. The van der Waals surface area contributed by atoms with Crippen LogP contribution in [0.2, 0.25) is 0 Å². The topological polar surface area (TPSA) is 73.0 Å². The SMILES string of the molecule is Cc1nn(C)cc1CNC(C)c1ccccc1[N+](=O)[O-]. The van der Waals surface area contributed by atoms with E-state index in [9.17, 15) is 10.1 Å². The molecule has 0 fully saturated rings. The lowest BCUT2D eigenvalue weighted by atomic mass is 10.1. The van der Waals surface area contributed by atoms with Gasteiger partial charge in [0.15, 0.2) is 0 Å². The number of para-hydroxylation sites is 1. The number of benzene rings is 1. The maximum atomic E-state index is 11.0. The van der Waals surface area contributed by atoms with E-state index < -0.39 is 0 Å². The van der Waals surface area contributed by atoms with E-state index in [-0.39, 0.29) is 16.7 Å². The molecular formula is C14H18N4O2. The second-order valence-corrected chi connectivity index (χ2v) is 4.83. The van der Waals surface area contributed by atoms with E-state index in [2.05, 4.69) is 10.4 Å². The predicted octanol–water partition coefficient (Wildman–Crippen LogP) is 2.49. The fourth-order valence-electron chi connectivity index (χ4n) is 2.22. The standard InChI is InChI=1S/C14H18N4O2/c1-10-12(9-17(3)16-10)8-15-11(2)13-6-4-5-7-14(13)18(19)20/h4-7,9,11,15H,8H2,1-3H3. The van der Waals surface area contributed by atoms with E-state index >= 15 is 0 Å². The van der Waals surface area contributed by atoms with Crippen LogP contribution in [0.3, 0.4) is 0 Å². The highest BCUT2D eigenvalue weighted by Crippen LogP contribution is 2.24. The van der Waals surface area contributed by atoms with Crippen LogP contribution in [-0.2, 0) is 13.6 Å². The molecule has 0 spiro atoms. The summed E-state index contributed by atoms with van der Waals surface area (Å²) in [5.74, 6) is 0. The fourth-order valence-corrected chi connectivity index (χ4v) is 2.22. The summed E-state index contributed by atoms with van der Waals surface area (Å²) in [6.45, 7) is 4.51. The summed E-state index contributed by atoms with van der Waals surface area (Å²) in [6, 6.07) is 6.71. The van der Waals surface area contributed by atoms with Crippen molar-refractivity contribution in [3.63, 3.8) is 0 Å². The van der Waals surface area contributed by atoms with Gasteiger partial charge < -0.3 is 5.32 Å². The molecule has 1 aromatic heterocycles. The largest absolute Gasteiger partial charge is 0.306 e. The Balaban J connectivity index is 2.11. The van der Waals surface area contributed by atoms with E-state index in [1.165, 1.54) is 6.07 Å². The monoisotopic (exact) mass is 274 g/mol. The van der Waals surface area contributed by atoms with Crippen LogP contribution in [0.15, 0.2) is 30.5 Å². The Kier molecular flexibility index (Phi) is 4.14. The summed E-state index contributed by atoms with van der Waals surface area (Å²) in [6.07, 6.45) is 1.95. The molecule has 0 saturated carbocycles. The number of aromatic nitrogens is 2. The van der Waals surface area contributed by atoms with Crippen LogP contribution in [0, 0.1) is 17.0 Å². The zero-order valence-electron chi connectivity index (χ0n) is 11.8. The third kappa shape index (κ3) is 3.03. The summed E-state index contributed by atoms with van der Waals surface area (Å²) in [5, 5.41) is 18.6. The second-order valence-electron chi connectivity index (χ2n) is 4.83. The lowest BCUT2D eigenvalue weighted by molar-refractivity contribution is -0.385. The average molecular weight is 274 g/mol. The smallest absolute Gasteiger partial charge is 0.274 e. The Labute approximate surface area is 117 Å². The molecule has 0 bridgehead atoms. The Hall–Kier alpha value is -2.21. The first-order valence-electron chi connectivity index (χ1n) is 6.45. The number of rotatable bonds is 5. The number of nitro benzene ring substituents is 1. The summed E-state index contributed by atoms with van der Waals surface area (Å²) in [7, 11) is 1.88. The molecule has 0 radical (unpaired) electrons. The molecule has 20 heavy (non-hydrogen) atoms. The maximum absolute atomic E-state index is 11.0. The molecule has 6 nitrogen and oxygen atoms in total. The molecule has 106 valence electrons. The molecule has 1 unspecified atom stereocenters.